The third-order valence-electron chi connectivity index (χ3n) is 9.27. The average molecular weight is 1030 g/mol. The molecule has 0 aliphatic carbocycles. The van der Waals surface area contributed by atoms with E-state index in [1.165, 1.54) is 6.92 Å². The minimum Gasteiger partial charge on any atom is -0.486 e. The van der Waals surface area contributed by atoms with Crippen molar-refractivity contribution in [3.63, 3.8) is 0 Å². The Balaban J connectivity index is 1.73. The second-order valence-electron chi connectivity index (χ2n) is 15.6. The normalized spacial score (nSPS) is 12.3. The van der Waals surface area contributed by atoms with Crippen molar-refractivity contribution < 1.29 is 94.7 Å². The molecule has 0 spiro atoms. The lowest BCUT2D eigenvalue weighted by Crippen LogP contribution is -2.26. The molecule has 70 heavy (non-hydrogen) atoms. The zero-order valence-electron chi connectivity index (χ0n) is 41.9. The first kappa shape index (κ1) is 65.2. The first-order valence-corrected chi connectivity index (χ1v) is 26.5. The number of unbranched alkanes of at least 4 members (excludes halogenated alkanes) is 2. The number of hydrogen-bond donors (Lipinski definition) is 2. The van der Waals surface area contributed by atoms with E-state index >= 15 is 0 Å². The van der Waals surface area contributed by atoms with Crippen LogP contribution in [-0.4, -0.2) is 213 Å². The van der Waals surface area contributed by atoms with Crippen molar-refractivity contribution in [3.8, 4) is 5.75 Å². The number of ketones is 3. The van der Waals surface area contributed by atoms with Gasteiger partial charge in [-0.3, -0.25) is 18.9 Å². The molecule has 0 aromatic heterocycles. The molecule has 0 heterocycles. The quantitative estimate of drug-likeness (QED) is 0.0530. The molecule has 0 saturated carbocycles. The Bertz CT molecular complexity index is 1470. The van der Waals surface area contributed by atoms with Gasteiger partial charge in [0.05, 0.1) is 159 Å². The maximum absolute atomic E-state index is 12.5. The number of carbonyl (C=O) groups excluding carboxylic acids is 4. The van der Waals surface area contributed by atoms with Crippen molar-refractivity contribution in [2.45, 2.75) is 64.7 Å². The summed E-state index contributed by atoms with van der Waals surface area (Å²) in [6.45, 7) is 13.9. The molecule has 0 aliphatic heterocycles. The van der Waals surface area contributed by atoms with Crippen molar-refractivity contribution in [3.05, 3.63) is 29.8 Å². The predicted octanol–water partition coefficient (Wildman–Crippen LogP) is 4.06. The minimum absolute atomic E-state index is 0.0333. The van der Waals surface area contributed by atoms with Crippen LogP contribution >= 0.6 is 7.60 Å². The molecule has 1 atom stereocenters. The average Bonchev–Trinajstić information content (AvgIpc) is 3.33. The molecular formula is C48H84NO20P. The number of Topliss-reactive ketones (excluding diaryl/α,β-unsaturated/α-hetero) is 3. The Morgan fingerprint density at radius 1 is 0.486 bits per heavy atom. The fourth-order valence-electron chi connectivity index (χ4n) is 5.65. The van der Waals surface area contributed by atoms with E-state index in [9.17, 15) is 23.7 Å². The maximum Gasteiger partial charge on any atom is 0.325 e. The highest BCUT2D eigenvalue weighted by molar-refractivity contribution is 7.51. The lowest BCUT2D eigenvalue weighted by molar-refractivity contribution is -0.123. The third kappa shape index (κ3) is 47.5. The number of ether oxygens (including phenoxy) is 13. The third-order valence-corrected chi connectivity index (χ3v) is 9.93. The topological polar surface area (TPSA) is 247 Å². The Kier molecular flexibility index (Phi) is 45.1. The number of benzene rings is 1. The summed E-state index contributed by atoms with van der Waals surface area (Å²) in [5.41, 5.74) is 0.513. The van der Waals surface area contributed by atoms with Gasteiger partial charge >= 0.3 is 7.60 Å². The highest BCUT2D eigenvalue weighted by Crippen LogP contribution is 2.36. The molecule has 406 valence electrons. The number of rotatable bonds is 55. The molecule has 0 saturated heterocycles. The standard InChI is InChI=1S/C48H84NO20P/c1-43(50)9-7-15-49-48(53)14-18-57-20-22-59-24-26-61-28-30-63-32-34-65-36-38-67-40-39-66-37-35-64-33-31-62-29-27-60-25-23-58-21-19-56-16-8-11-45(51)42-68-46-12-6-10-44(41-46)47(52)13-4-3-5-17-69-70(2,54)55/h6,10,12,41H,3-5,7-9,11,13-40,42H2,1-2H3,(H,49,53)(H,54,55). The SMILES string of the molecule is CC(=O)CCCNC(=O)CCOCCOCCOCCOCCOCCOCCOCCOCCOCCOCCOCCOCCCC(=O)COc1cccc(C(=O)CCCCCOP(C)(=O)O)c1. The number of nitrogens with one attached hydrogen (secondary N) is 1. The van der Waals surface area contributed by atoms with Crippen LogP contribution in [0.2, 0.25) is 0 Å². The van der Waals surface area contributed by atoms with E-state index < -0.39 is 7.60 Å². The summed E-state index contributed by atoms with van der Waals surface area (Å²) in [7, 11) is -3.47. The van der Waals surface area contributed by atoms with Crippen LogP contribution in [0, 0.1) is 0 Å². The molecule has 0 aliphatic rings. The molecule has 22 heteroatoms. The van der Waals surface area contributed by atoms with E-state index in [4.69, 9.17) is 71.0 Å². The van der Waals surface area contributed by atoms with Crippen LogP contribution in [0.15, 0.2) is 24.3 Å². The van der Waals surface area contributed by atoms with Crippen LogP contribution < -0.4 is 10.1 Å². The summed E-state index contributed by atoms with van der Waals surface area (Å²) in [6, 6.07) is 6.77. The van der Waals surface area contributed by atoms with Gasteiger partial charge in [0.1, 0.15) is 18.1 Å². The lowest BCUT2D eigenvalue weighted by atomic mass is 10.0. The van der Waals surface area contributed by atoms with Crippen LogP contribution in [-0.2, 0) is 80.3 Å². The van der Waals surface area contributed by atoms with Crippen LogP contribution in [0.5, 0.6) is 5.75 Å². The largest absolute Gasteiger partial charge is 0.486 e. The lowest BCUT2D eigenvalue weighted by Gasteiger charge is -2.09. The molecule has 1 aromatic carbocycles. The molecule has 1 aromatic rings. The van der Waals surface area contributed by atoms with Gasteiger partial charge in [0, 0.05) is 51.1 Å². The minimum atomic E-state index is -3.47. The summed E-state index contributed by atoms with van der Waals surface area (Å²) in [6.07, 6.45) is 4.56. The molecule has 0 radical (unpaired) electrons. The van der Waals surface area contributed by atoms with Gasteiger partial charge in [-0.25, -0.2) is 0 Å². The van der Waals surface area contributed by atoms with Gasteiger partial charge in [-0.05, 0) is 44.7 Å². The summed E-state index contributed by atoms with van der Waals surface area (Å²) < 4.78 is 87.4. The highest BCUT2D eigenvalue weighted by Gasteiger charge is 2.11. The number of hydrogen-bond acceptors (Lipinski definition) is 19. The van der Waals surface area contributed by atoms with E-state index in [0.717, 1.165) is 6.66 Å². The van der Waals surface area contributed by atoms with E-state index in [2.05, 4.69) is 5.32 Å². The van der Waals surface area contributed by atoms with Gasteiger partial charge in [-0.2, -0.15) is 0 Å². The highest BCUT2D eigenvalue weighted by atomic mass is 31.2. The number of carbonyl (C=O) groups is 4. The fraction of sp³-hybridized carbons (Fsp3) is 0.792. The van der Waals surface area contributed by atoms with Crippen LogP contribution in [0.25, 0.3) is 0 Å². The van der Waals surface area contributed by atoms with Gasteiger partial charge in [-0.15, -0.1) is 0 Å². The van der Waals surface area contributed by atoms with Crippen LogP contribution in [0.1, 0.15) is 75.1 Å². The Labute approximate surface area is 415 Å². The predicted molar refractivity (Wildman–Crippen MR) is 258 cm³/mol. The summed E-state index contributed by atoms with van der Waals surface area (Å²) in [5, 5.41) is 2.76. The van der Waals surface area contributed by atoms with Crippen molar-refractivity contribution in [2.75, 3.05) is 185 Å². The van der Waals surface area contributed by atoms with Crippen molar-refractivity contribution in [1.29, 1.82) is 0 Å². The zero-order chi connectivity index (χ0) is 50.9. The smallest absolute Gasteiger partial charge is 0.325 e. The van der Waals surface area contributed by atoms with Crippen molar-refractivity contribution in [1.82, 2.24) is 5.32 Å². The second kappa shape index (κ2) is 48.4. The first-order chi connectivity index (χ1) is 34.1. The maximum atomic E-state index is 12.5. The summed E-state index contributed by atoms with van der Waals surface area (Å²) in [5.74, 6) is 0.392. The Hall–Kier alpha value is -2.83. The number of amides is 1. The Morgan fingerprint density at radius 2 is 0.914 bits per heavy atom. The molecular weight excluding hydrogens is 941 g/mol. The zero-order valence-corrected chi connectivity index (χ0v) is 42.8. The fourth-order valence-corrected chi connectivity index (χ4v) is 6.12. The van der Waals surface area contributed by atoms with Crippen LogP contribution in [0.3, 0.4) is 0 Å². The van der Waals surface area contributed by atoms with E-state index in [1.54, 1.807) is 24.3 Å². The monoisotopic (exact) mass is 1030 g/mol. The molecule has 1 amide bonds. The van der Waals surface area contributed by atoms with Gasteiger partial charge in [-0.1, -0.05) is 18.6 Å². The van der Waals surface area contributed by atoms with E-state index in [0.29, 0.717) is 228 Å². The summed E-state index contributed by atoms with van der Waals surface area (Å²) >= 11 is 0. The van der Waals surface area contributed by atoms with Gasteiger partial charge in [0.2, 0.25) is 5.91 Å². The molecule has 2 N–H and O–H groups in total. The Morgan fingerprint density at radius 3 is 1.34 bits per heavy atom. The van der Waals surface area contributed by atoms with Gasteiger partial charge in [0.25, 0.3) is 0 Å². The van der Waals surface area contributed by atoms with Gasteiger partial charge in [0.15, 0.2) is 11.6 Å². The second-order valence-corrected chi connectivity index (χ2v) is 17.4. The first-order valence-electron chi connectivity index (χ1n) is 24.5. The van der Waals surface area contributed by atoms with Crippen LogP contribution in [0.4, 0.5) is 0 Å². The molecule has 0 fully saturated rings. The van der Waals surface area contributed by atoms with Crippen molar-refractivity contribution in [2.24, 2.45) is 0 Å². The molecule has 1 rings (SSSR count). The summed E-state index contributed by atoms with van der Waals surface area (Å²) in [4.78, 5) is 56.5. The van der Waals surface area contributed by atoms with Crippen molar-refractivity contribution >= 4 is 30.9 Å². The molecule has 21 nitrogen and oxygen atoms in total. The molecule has 1 unspecified atom stereocenters. The van der Waals surface area contributed by atoms with E-state index in [1.807, 2.05) is 0 Å². The van der Waals surface area contributed by atoms with Gasteiger partial charge < -0.3 is 81.1 Å². The molecule has 0 bridgehead atoms. The van der Waals surface area contributed by atoms with E-state index in [-0.39, 0.29) is 42.9 Å².